The molecule has 0 aliphatic carbocycles. The Bertz CT molecular complexity index is 950. The topological polar surface area (TPSA) is 48.0 Å². The molecule has 3 nitrogen and oxygen atoms in total. The lowest BCUT2D eigenvalue weighted by Gasteiger charge is -2.13. The van der Waals surface area contributed by atoms with Gasteiger partial charge in [-0.25, -0.2) is 0 Å². The summed E-state index contributed by atoms with van der Waals surface area (Å²) in [5, 5.41) is 0. The molecule has 2 N–H and O–H groups in total. The van der Waals surface area contributed by atoms with Crippen molar-refractivity contribution in [3.8, 4) is 22.3 Å². The number of nitrogens with two attached hydrogens (primary N) is 1. The Morgan fingerprint density at radius 3 is 2.07 bits per heavy atom. The van der Waals surface area contributed by atoms with Crippen molar-refractivity contribution in [2.24, 2.45) is 11.7 Å². The van der Waals surface area contributed by atoms with E-state index in [0.29, 0.717) is 11.5 Å². The Morgan fingerprint density at radius 1 is 0.964 bits per heavy atom. The van der Waals surface area contributed by atoms with Gasteiger partial charge in [0.15, 0.2) is 0 Å². The average molecular weight is 375 g/mol. The molecule has 1 aromatic heterocycles. The summed E-state index contributed by atoms with van der Waals surface area (Å²) in [6.45, 7) is 9.52. The number of carbonyl (C=O) groups is 1. The number of primary amides is 1. The van der Waals surface area contributed by atoms with Crippen LogP contribution in [0, 0.1) is 12.8 Å². The molecule has 3 heteroatoms. The largest absolute Gasteiger partial charge is 0.366 e. The molecular formula is C25H30N2O. The van der Waals surface area contributed by atoms with Crippen LogP contribution in [0.5, 0.6) is 0 Å². The maximum Gasteiger partial charge on any atom is 0.251 e. The first kappa shape index (κ1) is 19.9. The summed E-state index contributed by atoms with van der Waals surface area (Å²) in [4.78, 5) is 12.3. The Kier molecular flexibility index (Phi) is 6.03. The highest BCUT2D eigenvalue weighted by molar-refractivity contribution is 6.02. The van der Waals surface area contributed by atoms with Gasteiger partial charge in [0.25, 0.3) is 5.91 Å². The van der Waals surface area contributed by atoms with E-state index in [1.807, 2.05) is 25.1 Å². The van der Waals surface area contributed by atoms with Crippen molar-refractivity contribution in [2.45, 2.75) is 47.1 Å². The maximum atomic E-state index is 12.3. The van der Waals surface area contributed by atoms with Gasteiger partial charge in [-0.2, -0.15) is 0 Å². The molecule has 0 bridgehead atoms. The molecule has 146 valence electrons. The van der Waals surface area contributed by atoms with Gasteiger partial charge in [-0.1, -0.05) is 75.4 Å². The fourth-order valence-corrected chi connectivity index (χ4v) is 3.93. The Labute approximate surface area is 168 Å². The number of hydrogen-bond donors (Lipinski definition) is 1. The van der Waals surface area contributed by atoms with Crippen molar-refractivity contribution in [3.05, 3.63) is 71.5 Å². The molecule has 0 saturated carbocycles. The number of amides is 1. The van der Waals surface area contributed by atoms with Gasteiger partial charge in [0, 0.05) is 23.5 Å². The molecule has 1 amide bonds. The molecule has 0 aliphatic rings. The van der Waals surface area contributed by atoms with Crippen LogP contribution in [-0.2, 0) is 13.0 Å². The number of benzene rings is 2. The molecule has 0 unspecified atom stereocenters. The molecule has 28 heavy (non-hydrogen) atoms. The van der Waals surface area contributed by atoms with Gasteiger partial charge in [0.05, 0.1) is 5.56 Å². The Hall–Kier alpha value is -2.81. The fourth-order valence-electron chi connectivity index (χ4n) is 3.93. The third-order valence-electron chi connectivity index (χ3n) is 5.42. The van der Waals surface area contributed by atoms with Crippen molar-refractivity contribution >= 4 is 5.91 Å². The van der Waals surface area contributed by atoms with E-state index in [0.717, 1.165) is 36.2 Å². The third kappa shape index (κ3) is 3.89. The molecule has 2 aromatic carbocycles. The molecule has 1 heterocycles. The Balaban J connectivity index is 2.09. The van der Waals surface area contributed by atoms with E-state index in [-0.39, 0.29) is 5.91 Å². The van der Waals surface area contributed by atoms with Gasteiger partial charge in [-0.05, 0) is 42.4 Å². The first-order chi connectivity index (χ1) is 13.4. The zero-order valence-electron chi connectivity index (χ0n) is 17.3. The van der Waals surface area contributed by atoms with Crippen LogP contribution in [0.25, 0.3) is 22.3 Å². The van der Waals surface area contributed by atoms with Gasteiger partial charge in [-0.15, -0.1) is 0 Å². The lowest BCUT2D eigenvalue weighted by atomic mass is 9.96. The van der Waals surface area contributed by atoms with Crippen LogP contribution >= 0.6 is 0 Å². The number of hydrogen-bond acceptors (Lipinski definition) is 1. The highest BCUT2D eigenvalue weighted by Gasteiger charge is 2.23. The summed E-state index contributed by atoms with van der Waals surface area (Å²) in [6.07, 6.45) is 1.94. The standard InChI is InChI=1S/C25H30N2O/c1-5-22-24(23(25(26)28)18(4)27(22)16-15-17(2)3)21-13-11-20(12-14-21)19-9-7-6-8-10-19/h6-14,17H,5,15-16H2,1-4H3,(H2,26,28). The minimum Gasteiger partial charge on any atom is -0.366 e. The molecule has 0 saturated heterocycles. The number of aromatic nitrogens is 1. The first-order valence-corrected chi connectivity index (χ1v) is 10.1. The van der Waals surface area contributed by atoms with Gasteiger partial charge in [0.2, 0.25) is 0 Å². The van der Waals surface area contributed by atoms with Crippen LogP contribution in [0.3, 0.4) is 0 Å². The van der Waals surface area contributed by atoms with Gasteiger partial charge in [0.1, 0.15) is 0 Å². The Morgan fingerprint density at radius 2 is 1.54 bits per heavy atom. The van der Waals surface area contributed by atoms with Crippen LogP contribution in [0.1, 0.15) is 48.9 Å². The SMILES string of the molecule is CCc1c(-c2ccc(-c3ccccc3)cc2)c(C(N)=O)c(C)n1CCC(C)C. The van der Waals surface area contributed by atoms with E-state index in [1.54, 1.807) is 0 Å². The van der Waals surface area contributed by atoms with Crippen molar-refractivity contribution in [1.29, 1.82) is 0 Å². The average Bonchev–Trinajstić information content (AvgIpc) is 2.98. The second kappa shape index (κ2) is 8.47. The second-order valence-corrected chi connectivity index (χ2v) is 7.78. The van der Waals surface area contributed by atoms with Crippen molar-refractivity contribution in [3.63, 3.8) is 0 Å². The summed E-state index contributed by atoms with van der Waals surface area (Å²) in [5.74, 6) is 0.259. The minimum absolute atomic E-state index is 0.349. The van der Waals surface area contributed by atoms with Gasteiger partial charge in [-0.3, -0.25) is 4.79 Å². The van der Waals surface area contributed by atoms with Crippen LogP contribution in [0.4, 0.5) is 0 Å². The highest BCUT2D eigenvalue weighted by atomic mass is 16.1. The molecule has 3 rings (SSSR count). The van der Waals surface area contributed by atoms with Crippen molar-refractivity contribution < 1.29 is 4.79 Å². The van der Waals surface area contributed by atoms with Crippen LogP contribution < -0.4 is 5.73 Å². The summed E-state index contributed by atoms with van der Waals surface area (Å²) in [5.41, 5.74) is 13.0. The van der Waals surface area contributed by atoms with Crippen LogP contribution in [0.2, 0.25) is 0 Å². The van der Waals surface area contributed by atoms with E-state index in [9.17, 15) is 4.79 Å². The summed E-state index contributed by atoms with van der Waals surface area (Å²) >= 11 is 0. The van der Waals surface area contributed by atoms with Crippen LogP contribution in [0.15, 0.2) is 54.6 Å². The molecular weight excluding hydrogens is 344 g/mol. The quantitative estimate of drug-likeness (QED) is 0.555. The molecule has 3 aromatic rings. The van der Waals surface area contributed by atoms with Crippen molar-refractivity contribution in [2.75, 3.05) is 0 Å². The smallest absolute Gasteiger partial charge is 0.251 e. The highest BCUT2D eigenvalue weighted by Crippen LogP contribution is 2.34. The minimum atomic E-state index is -0.349. The van der Waals surface area contributed by atoms with Gasteiger partial charge < -0.3 is 10.3 Å². The zero-order valence-corrected chi connectivity index (χ0v) is 17.3. The monoisotopic (exact) mass is 374 g/mol. The second-order valence-electron chi connectivity index (χ2n) is 7.78. The molecule has 0 radical (unpaired) electrons. The van der Waals surface area contributed by atoms with E-state index in [1.165, 1.54) is 16.8 Å². The predicted octanol–water partition coefficient (Wildman–Crippen LogP) is 5.84. The van der Waals surface area contributed by atoms with Gasteiger partial charge >= 0.3 is 0 Å². The zero-order chi connectivity index (χ0) is 20.3. The molecule has 0 spiro atoms. The van der Waals surface area contributed by atoms with E-state index < -0.39 is 0 Å². The van der Waals surface area contributed by atoms with Crippen LogP contribution in [-0.4, -0.2) is 10.5 Å². The lowest BCUT2D eigenvalue weighted by molar-refractivity contribution is 0.1000. The summed E-state index contributed by atoms with van der Waals surface area (Å²) < 4.78 is 2.29. The molecule has 0 aliphatic heterocycles. The third-order valence-corrected chi connectivity index (χ3v) is 5.42. The fraction of sp³-hybridized carbons (Fsp3) is 0.320. The number of nitrogens with zero attached hydrogens (tertiary/aromatic N) is 1. The number of carbonyl (C=O) groups excluding carboxylic acids is 1. The molecule has 0 atom stereocenters. The van der Waals surface area contributed by atoms with Crippen molar-refractivity contribution in [1.82, 2.24) is 4.57 Å². The summed E-state index contributed by atoms with van der Waals surface area (Å²) in [7, 11) is 0. The van der Waals surface area contributed by atoms with E-state index >= 15 is 0 Å². The van der Waals surface area contributed by atoms with E-state index in [2.05, 4.69) is 61.7 Å². The predicted molar refractivity (Wildman–Crippen MR) is 117 cm³/mol. The number of rotatable bonds is 7. The normalized spacial score (nSPS) is 11.2. The van der Waals surface area contributed by atoms with E-state index in [4.69, 9.17) is 5.73 Å². The first-order valence-electron chi connectivity index (χ1n) is 10.1. The molecule has 0 fully saturated rings. The maximum absolute atomic E-state index is 12.3. The lowest BCUT2D eigenvalue weighted by Crippen LogP contribution is -2.13. The summed E-state index contributed by atoms with van der Waals surface area (Å²) in [6, 6.07) is 18.8.